The minimum atomic E-state index is -0.706. The first-order chi connectivity index (χ1) is 11.8. The highest BCUT2D eigenvalue weighted by Gasteiger charge is 2.29. The average Bonchev–Trinajstić information content (AvgIpc) is 2.60. The second-order valence-corrected chi connectivity index (χ2v) is 6.86. The zero-order chi connectivity index (χ0) is 18.6. The van der Waals surface area contributed by atoms with Gasteiger partial charge in [0.2, 0.25) is 0 Å². The Hall–Kier alpha value is -2.37. The van der Waals surface area contributed by atoms with Crippen molar-refractivity contribution in [3.8, 4) is 0 Å². The van der Waals surface area contributed by atoms with Gasteiger partial charge in [0, 0.05) is 24.3 Å². The van der Waals surface area contributed by atoms with Crippen LogP contribution in [-0.4, -0.2) is 30.8 Å². The number of anilines is 1. The highest BCUT2D eigenvalue weighted by molar-refractivity contribution is 6.39. The summed E-state index contributed by atoms with van der Waals surface area (Å²) in [6, 6.07) is 5.06. The summed E-state index contributed by atoms with van der Waals surface area (Å²) in [5.41, 5.74) is 1.56. The lowest BCUT2D eigenvalue weighted by atomic mass is 9.78. The van der Waals surface area contributed by atoms with Crippen molar-refractivity contribution >= 4 is 23.4 Å². The summed E-state index contributed by atoms with van der Waals surface area (Å²) in [5.74, 6) is -0.682. The number of hydrogen-bond acceptors (Lipinski definition) is 3. The fourth-order valence-electron chi connectivity index (χ4n) is 3.35. The van der Waals surface area contributed by atoms with Crippen molar-refractivity contribution in [2.45, 2.75) is 46.1 Å². The van der Waals surface area contributed by atoms with Crippen molar-refractivity contribution in [1.29, 1.82) is 0 Å². The third-order valence-electron chi connectivity index (χ3n) is 5.28. The van der Waals surface area contributed by atoms with Crippen LogP contribution in [0.25, 0.3) is 0 Å². The molecule has 1 aliphatic rings. The SMILES string of the molecule is CNC(=O)c1cccc(NC(=O)C(=O)N[C@@H]2CCC[C@H](C)[C@H]2C)c1C. The minimum Gasteiger partial charge on any atom is -0.355 e. The molecular weight excluding hydrogens is 318 g/mol. The van der Waals surface area contributed by atoms with E-state index in [0.29, 0.717) is 28.7 Å². The van der Waals surface area contributed by atoms with Crippen molar-refractivity contribution in [2.75, 3.05) is 12.4 Å². The van der Waals surface area contributed by atoms with Gasteiger partial charge in [0.15, 0.2) is 0 Å². The normalized spacial score (nSPS) is 22.8. The third-order valence-corrected chi connectivity index (χ3v) is 5.28. The topological polar surface area (TPSA) is 87.3 Å². The standard InChI is InChI=1S/C19H27N3O3/c1-11-7-5-9-15(12(11)2)21-18(24)19(25)22-16-10-6-8-14(13(16)3)17(23)20-4/h6,8,10-12,15H,5,7,9H2,1-4H3,(H,20,23)(H,21,24)(H,22,25)/t11-,12+,15+/m0/s1. The van der Waals surface area contributed by atoms with Gasteiger partial charge in [-0.25, -0.2) is 0 Å². The van der Waals surface area contributed by atoms with Gasteiger partial charge in [-0.15, -0.1) is 0 Å². The Kier molecular flexibility index (Phi) is 6.17. The molecule has 6 nitrogen and oxygen atoms in total. The Morgan fingerprint density at radius 1 is 1.08 bits per heavy atom. The molecule has 25 heavy (non-hydrogen) atoms. The van der Waals surface area contributed by atoms with E-state index >= 15 is 0 Å². The molecule has 2 rings (SSSR count). The van der Waals surface area contributed by atoms with Gasteiger partial charge in [0.1, 0.15) is 0 Å². The number of benzene rings is 1. The van der Waals surface area contributed by atoms with E-state index in [1.807, 2.05) is 0 Å². The molecule has 1 fully saturated rings. The first-order valence-electron chi connectivity index (χ1n) is 8.78. The van der Waals surface area contributed by atoms with Crippen LogP contribution < -0.4 is 16.0 Å². The fourth-order valence-corrected chi connectivity index (χ4v) is 3.35. The molecule has 6 heteroatoms. The number of amides is 3. The second kappa shape index (κ2) is 8.14. The summed E-state index contributed by atoms with van der Waals surface area (Å²) in [4.78, 5) is 36.3. The zero-order valence-corrected chi connectivity index (χ0v) is 15.3. The second-order valence-electron chi connectivity index (χ2n) is 6.86. The van der Waals surface area contributed by atoms with Crippen molar-refractivity contribution in [3.05, 3.63) is 29.3 Å². The van der Waals surface area contributed by atoms with Crippen LogP contribution in [0.2, 0.25) is 0 Å². The lowest BCUT2D eigenvalue weighted by Gasteiger charge is -2.34. The van der Waals surface area contributed by atoms with Crippen molar-refractivity contribution in [3.63, 3.8) is 0 Å². The van der Waals surface area contributed by atoms with E-state index in [9.17, 15) is 14.4 Å². The summed E-state index contributed by atoms with van der Waals surface area (Å²) < 4.78 is 0. The van der Waals surface area contributed by atoms with Gasteiger partial charge < -0.3 is 16.0 Å². The van der Waals surface area contributed by atoms with Crippen LogP contribution in [0.1, 0.15) is 49.0 Å². The van der Waals surface area contributed by atoms with E-state index in [1.165, 1.54) is 0 Å². The largest absolute Gasteiger partial charge is 0.355 e. The molecule has 0 saturated heterocycles. The molecule has 0 aliphatic heterocycles. The van der Waals surface area contributed by atoms with Gasteiger partial charge in [-0.1, -0.05) is 32.8 Å². The maximum Gasteiger partial charge on any atom is 0.313 e. The fraction of sp³-hybridized carbons (Fsp3) is 0.526. The molecule has 0 aromatic heterocycles. The minimum absolute atomic E-state index is 0.0281. The molecule has 1 aromatic rings. The first-order valence-corrected chi connectivity index (χ1v) is 8.78. The summed E-state index contributed by atoms with van der Waals surface area (Å²) in [5, 5.41) is 8.03. The molecule has 0 unspecified atom stereocenters. The Morgan fingerprint density at radius 2 is 1.80 bits per heavy atom. The highest BCUT2D eigenvalue weighted by Crippen LogP contribution is 2.29. The van der Waals surface area contributed by atoms with Crippen LogP contribution in [-0.2, 0) is 9.59 Å². The smallest absolute Gasteiger partial charge is 0.313 e. The summed E-state index contributed by atoms with van der Waals surface area (Å²) in [7, 11) is 1.55. The molecule has 0 bridgehead atoms. The van der Waals surface area contributed by atoms with Gasteiger partial charge in [0.05, 0.1) is 0 Å². The first kappa shape index (κ1) is 19.0. The maximum atomic E-state index is 12.3. The van der Waals surface area contributed by atoms with Gasteiger partial charge in [-0.2, -0.15) is 0 Å². The summed E-state index contributed by atoms with van der Waals surface area (Å²) in [6.45, 7) is 6.03. The number of carbonyl (C=O) groups excluding carboxylic acids is 3. The molecule has 3 atom stereocenters. The highest BCUT2D eigenvalue weighted by atomic mass is 16.2. The molecule has 1 aliphatic carbocycles. The Balaban J connectivity index is 2.04. The molecule has 136 valence electrons. The van der Waals surface area contributed by atoms with Crippen molar-refractivity contribution < 1.29 is 14.4 Å². The van der Waals surface area contributed by atoms with Crippen LogP contribution in [0.15, 0.2) is 18.2 Å². The number of nitrogens with one attached hydrogen (secondary N) is 3. The quantitative estimate of drug-likeness (QED) is 0.734. The Labute approximate surface area is 148 Å². The van der Waals surface area contributed by atoms with E-state index in [4.69, 9.17) is 0 Å². The van der Waals surface area contributed by atoms with Crippen molar-refractivity contribution in [2.24, 2.45) is 11.8 Å². The summed E-state index contributed by atoms with van der Waals surface area (Å²) in [6.07, 6.45) is 3.12. The van der Waals surface area contributed by atoms with Crippen LogP contribution in [0.5, 0.6) is 0 Å². The molecule has 3 N–H and O–H groups in total. The predicted octanol–water partition coefficient (Wildman–Crippen LogP) is 2.23. The van der Waals surface area contributed by atoms with E-state index < -0.39 is 11.8 Å². The average molecular weight is 345 g/mol. The van der Waals surface area contributed by atoms with Gasteiger partial charge in [-0.05, 0) is 42.9 Å². The molecule has 3 amide bonds. The van der Waals surface area contributed by atoms with E-state index in [2.05, 4.69) is 29.8 Å². The lowest BCUT2D eigenvalue weighted by Crippen LogP contribution is -2.47. The van der Waals surface area contributed by atoms with Crippen molar-refractivity contribution in [1.82, 2.24) is 10.6 Å². The molecule has 1 aromatic carbocycles. The van der Waals surface area contributed by atoms with E-state index in [1.54, 1.807) is 32.2 Å². The maximum absolute atomic E-state index is 12.3. The van der Waals surface area contributed by atoms with E-state index in [0.717, 1.165) is 19.3 Å². The van der Waals surface area contributed by atoms with Gasteiger partial charge in [-0.3, -0.25) is 14.4 Å². The molecule has 0 heterocycles. The Morgan fingerprint density at radius 3 is 2.48 bits per heavy atom. The summed E-state index contributed by atoms with van der Waals surface area (Å²) >= 11 is 0. The Bertz CT molecular complexity index is 672. The van der Waals surface area contributed by atoms with Crippen LogP contribution in [0, 0.1) is 18.8 Å². The molecule has 0 spiro atoms. The van der Waals surface area contributed by atoms with Crippen LogP contribution in [0.4, 0.5) is 5.69 Å². The molecule has 0 radical (unpaired) electrons. The van der Waals surface area contributed by atoms with E-state index in [-0.39, 0.29) is 11.9 Å². The zero-order valence-electron chi connectivity index (χ0n) is 15.3. The molecule has 1 saturated carbocycles. The van der Waals surface area contributed by atoms with Crippen LogP contribution in [0.3, 0.4) is 0 Å². The van der Waals surface area contributed by atoms with Gasteiger partial charge in [0.25, 0.3) is 5.91 Å². The van der Waals surface area contributed by atoms with Crippen LogP contribution >= 0.6 is 0 Å². The monoisotopic (exact) mass is 345 g/mol. The molecular formula is C19H27N3O3. The van der Waals surface area contributed by atoms with Gasteiger partial charge >= 0.3 is 11.8 Å². The number of hydrogen-bond donors (Lipinski definition) is 3. The third kappa shape index (κ3) is 4.38. The number of carbonyl (C=O) groups is 3. The lowest BCUT2D eigenvalue weighted by molar-refractivity contribution is -0.137. The predicted molar refractivity (Wildman–Crippen MR) is 97.3 cm³/mol. The number of rotatable bonds is 3.